The molecule has 1 fully saturated rings. The minimum atomic E-state index is 0.0710. The van der Waals surface area contributed by atoms with Gasteiger partial charge < -0.3 is 15.5 Å². The molecule has 1 aliphatic carbocycles. The summed E-state index contributed by atoms with van der Waals surface area (Å²) in [6.07, 6.45) is 2.22. The average molecular weight is 310 g/mol. The molecule has 0 heterocycles. The summed E-state index contributed by atoms with van der Waals surface area (Å²) in [6, 6.07) is 6.77. The van der Waals surface area contributed by atoms with Crippen LogP contribution in [0.25, 0.3) is 0 Å². The largest absolute Gasteiger partial charge is 0.365 e. The first kappa shape index (κ1) is 16.1. The van der Waals surface area contributed by atoms with Crippen LogP contribution in [0.5, 0.6) is 0 Å². The summed E-state index contributed by atoms with van der Waals surface area (Å²) in [6.45, 7) is 5.32. The Labute approximate surface area is 131 Å². The topological polar surface area (TPSA) is 44.4 Å². The normalized spacial score (nSPS) is 14.3. The second-order valence-corrected chi connectivity index (χ2v) is 6.42. The Balaban J connectivity index is 1.92. The van der Waals surface area contributed by atoms with Crippen molar-refractivity contribution in [3.05, 3.63) is 28.8 Å². The third-order valence-electron chi connectivity index (χ3n) is 3.50. The number of nitrogens with zero attached hydrogens (tertiary/aromatic N) is 1. The third kappa shape index (κ3) is 5.21. The van der Waals surface area contributed by atoms with Gasteiger partial charge in [-0.25, -0.2) is 0 Å². The zero-order chi connectivity index (χ0) is 15.4. The highest BCUT2D eigenvalue weighted by atomic mass is 35.5. The highest BCUT2D eigenvalue weighted by Crippen LogP contribution is 2.23. The summed E-state index contributed by atoms with van der Waals surface area (Å²) >= 11 is 6.32. The van der Waals surface area contributed by atoms with Gasteiger partial charge >= 0.3 is 0 Å². The zero-order valence-corrected chi connectivity index (χ0v) is 13.7. The minimum absolute atomic E-state index is 0.0710. The fourth-order valence-electron chi connectivity index (χ4n) is 2.04. The van der Waals surface area contributed by atoms with Gasteiger partial charge in [0, 0.05) is 36.4 Å². The van der Waals surface area contributed by atoms with E-state index < -0.39 is 0 Å². The van der Waals surface area contributed by atoms with Crippen LogP contribution < -0.4 is 15.5 Å². The SMILES string of the molecule is CC(C)NCc1ccc(N(C)CC(=O)NC2CC2)cc1Cl. The van der Waals surface area contributed by atoms with E-state index in [1.807, 2.05) is 30.1 Å². The lowest BCUT2D eigenvalue weighted by Gasteiger charge is -2.20. The Bertz CT molecular complexity index is 500. The number of amides is 1. The van der Waals surface area contributed by atoms with Gasteiger partial charge in [0.05, 0.1) is 6.54 Å². The second-order valence-electron chi connectivity index (χ2n) is 6.01. The number of carbonyl (C=O) groups excluding carboxylic acids is 1. The van der Waals surface area contributed by atoms with Gasteiger partial charge in [0.15, 0.2) is 0 Å². The molecule has 1 saturated carbocycles. The van der Waals surface area contributed by atoms with Crippen LogP contribution in [0.15, 0.2) is 18.2 Å². The van der Waals surface area contributed by atoms with Crippen LogP contribution in [0.3, 0.4) is 0 Å². The molecule has 0 atom stereocenters. The van der Waals surface area contributed by atoms with Gasteiger partial charge in [-0.2, -0.15) is 0 Å². The van der Waals surface area contributed by atoms with Gasteiger partial charge in [-0.15, -0.1) is 0 Å². The standard InChI is InChI=1S/C16H24ClN3O/c1-11(2)18-9-12-4-7-14(8-15(12)17)20(3)10-16(21)19-13-5-6-13/h4,7-8,11,13,18H,5-6,9-10H2,1-3H3,(H,19,21). The van der Waals surface area contributed by atoms with Crippen LogP contribution in [-0.4, -0.2) is 31.6 Å². The molecule has 5 heteroatoms. The summed E-state index contributed by atoms with van der Waals surface area (Å²) in [5.74, 6) is 0.0710. The number of benzene rings is 1. The molecule has 1 aliphatic rings. The molecule has 0 bridgehead atoms. The highest BCUT2D eigenvalue weighted by molar-refractivity contribution is 6.31. The molecule has 4 nitrogen and oxygen atoms in total. The van der Waals surface area contributed by atoms with E-state index in [9.17, 15) is 4.79 Å². The fourth-order valence-corrected chi connectivity index (χ4v) is 2.28. The summed E-state index contributed by atoms with van der Waals surface area (Å²) < 4.78 is 0. The fraction of sp³-hybridized carbons (Fsp3) is 0.562. The molecule has 21 heavy (non-hydrogen) atoms. The molecule has 1 amide bonds. The van der Waals surface area contributed by atoms with E-state index in [0.29, 0.717) is 18.6 Å². The van der Waals surface area contributed by atoms with E-state index in [1.165, 1.54) is 0 Å². The summed E-state index contributed by atoms with van der Waals surface area (Å²) in [5.41, 5.74) is 2.03. The Kier molecular flexibility index (Phi) is 5.48. The lowest BCUT2D eigenvalue weighted by Crippen LogP contribution is -2.36. The van der Waals surface area contributed by atoms with Crippen LogP contribution in [0.4, 0.5) is 5.69 Å². The minimum Gasteiger partial charge on any atom is -0.365 e. The van der Waals surface area contributed by atoms with Crippen molar-refractivity contribution in [3.8, 4) is 0 Å². The first-order valence-corrected chi connectivity index (χ1v) is 7.86. The first-order chi connectivity index (χ1) is 9.95. The number of rotatable bonds is 7. The van der Waals surface area contributed by atoms with Crippen molar-refractivity contribution >= 4 is 23.2 Å². The van der Waals surface area contributed by atoms with Gasteiger partial charge in [-0.1, -0.05) is 31.5 Å². The molecule has 1 aromatic rings. The van der Waals surface area contributed by atoms with Gasteiger partial charge in [0.25, 0.3) is 0 Å². The summed E-state index contributed by atoms with van der Waals surface area (Å²) in [7, 11) is 1.91. The van der Waals surface area contributed by atoms with Crippen LogP contribution in [0.1, 0.15) is 32.3 Å². The predicted molar refractivity (Wildman–Crippen MR) is 87.9 cm³/mol. The molecule has 0 spiro atoms. The van der Waals surface area contributed by atoms with Crippen molar-refractivity contribution in [2.75, 3.05) is 18.5 Å². The maximum Gasteiger partial charge on any atom is 0.239 e. The van der Waals surface area contributed by atoms with Crippen LogP contribution >= 0.6 is 11.6 Å². The molecule has 0 saturated heterocycles. The van der Waals surface area contributed by atoms with Crippen LogP contribution in [0, 0.1) is 0 Å². The van der Waals surface area contributed by atoms with E-state index in [1.54, 1.807) is 0 Å². The molecule has 2 N–H and O–H groups in total. The second kappa shape index (κ2) is 7.14. The van der Waals surface area contributed by atoms with Gasteiger partial charge in [0.2, 0.25) is 5.91 Å². The Hall–Kier alpha value is -1.26. The lowest BCUT2D eigenvalue weighted by molar-refractivity contribution is -0.119. The predicted octanol–water partition coefficient (Wildman–Crippen LogP) is 2.55. The molecule has 0 unspecified atom stereocenters. The third-order valence-corrected chi connectivity index (χ3v) is 3.85. The molecular formula is C16H24ClN3O. The number of hydrogen-bond acceptors (Lipinski definition) is 3. The molecular weight excluding hydrogens is 286 g/mol. The van der Waals surface area contributed by atoms with Crippen molar-refractivity contribution in [1.29, 1.82) is 0 Å². The highest BCUT2D eigenvalue weighted by Gasteiger charge is 2.23. The summed E-state index contributed by atoms with van der Waals surface area (Å²) in [5, 5.41) is 7.07. The van der Waals surface area contributed by atoms with Crippen molar-refractivity contribution in [1.82, 2.24) is 10.6 Å². The number of halogens is 1. The number of carbonyl (C=O) groups is 1. The molecule has 0 aliphatic heterocycles. The Morgan fingerprint density at radius 3 is 2.71 bits per heavy atom. The van der Waals surface area contributed by atoms with Crippen molar-refractivity contribution in [2.45, 2.75) is 45.3 Å². The lowest BCUT2D eigenvalue weighted by atomic mass is 10.2. The maximum absolute atomic E-state index is 11.8. The van der Waals surface area contributed by atoms with Crippen LogP contribution in [0.2, 0.25) is 5.02 Å². The monoisotopic (exact) mass is 309 g/mol. The smallest absolute Gasteiger partial charge is 0.239 e. The number of likely N-dealkylation sites (N-methyl/N-ethyl adjacent to an activating group) is 1. The molecule has 1 aromatic carbocycles. The first-order valence-electron chi connectivity index (χ1n) is 7.48. The Morgan fingerprint density at radius 2 is 2.14 bits per heavy atom. The molecule has 0 radical (unpaired) electrons. The van der Waals surface area contributed by atoms with Crippen molar-refractivity contribution in [3.63, 3.8) is 0 Å². The molecule has 116 valence electrons. The van der Waals surface area contributed by atoms with Crippen molar-refractivity contribution < 1.29 is 4.79 Å². The van der Waals surface area contributed by atoms with E-state index in [0.717, 1.165) is 35.7 Å². The number of anilines is 1. The molecule has 2 rings (SSSR count). The average Bonchev–Trinajstić information content (AvgIpc) is 3.20. The van der Waals surface area contributed by atoms with Gasteiger partial charge in [0.1, 0.15) is 0 Å². The number of hydrogen-bond donors (Lipinski definition) is 2. The van der Waals surface area contributed by atoms with E-state index >= 15 is 0 Å². The van der Waals surface area contributed by atoms with Crippen LogP contribution in [-0.2, 0) is 11.3 Å². The van der Waals surface area contributed by atoms with Crippen molar-refractivity contribution in [2.24, 2.45) is 0 Å². The maximum atomic E-state index is 11.8. The zero-order valence-electron chi connectivity index (χ0n) is 12.9. The Morgan fingerprint density at radius 1 is 1.43 bits per heavy atom. The van der Waals surface area contributed by atoms with Gasteiger partial charge in [-0.05, 0) is 30.5 Å². The summed E-state index contributed by atoms with van der Waals surface area (Å²) in [4.78, 5) is 13.7. The van der Waals surface area contributed by atoms with E-state index in [-0.39, 0.29) is 5.91 Å². The quantitative estimate of drug-likeness (QED) is 0.813. The molecule has 0 aromatic heterocycles. The van der Waals surface area contributed by atoms with E-state index in [2.05, 4.69) is 24.5 Å². The number of nitrogens with one attached hydrogen (secondary N) is 2. The van der Waals surface area contributed by atoms with Gasteiger partial charge in [-0.3, -0.25) is 4.79 Å². The van der Waals surface area contributed by atoms with E-state index in [4.69, 9.17) is 11.6 Å².